The predicted molar refractivity (Wildman–Crippen MR) is 168 cm³/mol. The van der Waals surface area contributed by atoms with E-state index in [1.165, 1.54) is 11.1 Å². The summed E-state index contributed by atoms with van der Waals surface area (Å²) >= 11 is 0. The Labute approximate surface area is 251 Å². The Balaban J connectivity index is 1.33. The van der Waals surface area contributed by atoms with E-state index in [9.17, 15) is 9.59 Å². The zero-order valence-corrected chi connectivity index (χ0v) is 24.3. The molecule has 220 valence electrons. The molecule has 0 spiro atoms. The van der Waals surface area contributed by atoms with Gasteiger partial charge in [0.2, 0.25) is 11.8 Å². The Morgan fingerprint density at radius 3 is 2.42 bits per heavy atom. The summed E-state index contributed by atoms with van der Waals surface area (Å²) in [6.07, 6.45) is 6.55. The lowest BCUT2D eigenvalue weighted by Crippen LogP contribution is -2.17. The third-order valence-electron chi connectivity index (χ3n) is 7.34. The van der Waals surface area contributed by atoms with E-state index in [1.807, 2.05) is 48.5 Å². The van der Waals surface area contributed by atoms with Gasteiger partial charge in [0.1, 0.15) is 23.5 Å². The molecule has 0 radical (unpaired) electrons. The first-order valence-electron chi connectivity index (χ1n) is 14.8. The minimum Gasteiger partial charge on any atom is -0.481 e. The molecule has 7 nitrogen and oxygen atoms in total. The van der Waals surface area contributed by atoms with Crippen molar-refractivity contribution in [3.05, 3.63) is 114 Å². The van der Waals surface area contributed by atoms with Gasteiger partial charge in [0.25, 0.3) is 0 Å². The van der Waals surface area contributed by atoms with Gasteiger partial charge < -0.3 is 19.6 Å². The van der Waals surface area contributed by atoms with Crippen molar-refractivity contribution < 1.29 is 23.8 Å². The number of fused-ring (bicyclic) bond motifs is 1. The monoisotopic (exact) mass is 576 g/mol. The van der Waals surface area contributed by atoms with Crippen LogP contribution in [0.5, 0.6) is 5.88 Å². The molecule has 1 amide bonds. The number of carboxylic acids is 1. The van der Waals surface area contributed by atoms with Crippen LogP contribution in [0, 0.1) is 0 Å². The van der Waals surface area contributed by atoms with Gasteiger partial charge in [0.15, 0.2) is 0 Å². The number of benzene rings is 3. The predicted octanol–water partition coefficient (Wildman–Crippen LogP) is 7.85. The number of hydrogen-bond acceptors (Lipinski definition) is 5. The van der Waals surface area contributed by atoms with Crippen molar-refractivity contribution in [3.8, 4) is 17.0 Å². The van der Waals surface area contributed by atoms with Crippen molar-refractivity contribution in [1.82, 2.24) is 4.98 Å². The molecule has 5 aromatic rings. The molecule has 2 N–H and O–H groups in total. The summed E-state index contributed by atoms with van der Waals surface area (Å²) < 4.78 is 12.1. The first-order chi connectivity index (χ1) is 21.0. The van der Waals surface area contributed by atoms with Crippen LogP contribution >= 0.6 is 0 Å². The molecule has 0 saturated heterocycles. The number of hydrogen-bond donors (Lipinski definition) is 2. The Kier molecular flexibility index (Phi) is 9.85. The number of carboxylic acid groups (broad SMARTS) is 1. The average Bonchev–Trinajstić information content (AvgIpc) is 3.36. The quantitative estimate of drug-likeness (QED) is 0.103. The zero-order chi connectivity index (χ0) is 30.0. The fraction of sp³-hybridized carbons (Fsp3) is 0.250. The lowest BCUT2D eigenvalue weighted by Gasteiger charge is -2.13. The van der Waals surface area contributed by atoms with E-state index in [2.05, 4.69) is 47.6 Å². The van der Waals surface area contributed by atoms with Gasteiger partial charge in [-0.3, -0.25) is 9.59 Å². The average molecular weight is 577 g/mol. The highest BCUT2D eigenvalue weighted by molar-refractivity contribution is 6.02. The Morgan fingerprint density at radius 2 is 1.65 bits per heavy atom. The normalized spacial score (nSPS) is 11.0. The van der Waals surface area contributed by atoms with Gasteiger partial charge >= 0.3 is 5.97 Å². The second kappa shape index (κ2) is 14.3. The number of nitrogens with one attached hydrogen (secondary N) is 1. The van der Waals surface area contributed by atoms with Gasteiger partial charge in [-0.05, 0) is 48.1 Å². The number of aliphatic carboxylic acids is 1. The van der Waals surface area contributed by atoms with Crippen LogP contribution in [0.2, 0.25) is 0 Å². The van der Waals surface area contributed by atoms with Gasteiger partial charge in [0.05, 0.1) is 6.61 Å². The van der Waals surface area contributed by atoms with Crippen LogP contribution in [0.15, 0.2) is 95.5 Å². The first kappa shape index (κ1) is 29.6. The maximum atomic E-state index is 12.3. The van der Waals surface area contributed by atoms with E-state index >= 15 is 0 Å². The lowest BCUT2D eigenvalue weighted by molar-refractivity contribution is -0.139. The molecule has 0 fully saturated rings. The molecular formula is C36H36N2O5. The van der Waals surface area contributed by atoms with Crippen molar-refractivity contribution in [1.29, 1.82) is 0 Å². The standard InChI is InChI=1S/C36H36N2O5/c1-2-3-14-33-30(29-13-7-8-15-32(29)43-33)21-26-16-18-27(19-17-26)28-22-31(38-34(39)23-35(40)41)36(37-24-28)42-20-9-12-25-10-5-4-6-11-25/h4-8,10-11,13,15-19,22,24H,2-3,9,12,14,20-21,23H2,1H3,(H,38,39)(H,40,41). The van der Waals surface area contributed by atoms with Gasteiger partial charge in [-0.25, -0.2) is 4.98 Å². The third kappa shape index (κ3) is 7.89. The highest BCUT2D eigenvalue weighted by Crippen LogP contribution is 2.32. The Bertz CT molecular complexity index is 1680. The second-order valence-corrected chi connectivity index (χ2v) is 10.6. The number of aryl methyl sites for hydroxylation is 2. The van der Waals surface area contributed by atoms with Crippen molar-refractivity contribution in [2.75, 3.05) is 11.9 Å². The van der Waals surface area contributed by atoms with Crippen molar-refractivity contribution in [3.63, 3.8) is 0 Å². The molecule has 5 rings (SSSR count). The molecule has 0 saturated carbocycles. The topological polar surface area (TPSA) is 102 Å². The largest absolute Gasteiger partial charge is 0.481 e. The summed E-state index contributed by atoms with van der Waals surface area (Å²) in [4.78, 5) is 27.9. The number of rotatable bonds is 14. The fourth-order valence-electron chi connectivity index (χ4n) is 5.14. The van der Waals surface area contributed by atoms with Crippen molar-refractivity contribution in [2.45, 2.75) is 51.9 Å². The number of carbonyl (C=O) groups is 2. The molecule has 3 aromatic carbocycles. The van der Waals surface area contributed by atoms with Crippen LogP contribution in [0.25, 0.3) is 22.1 Å². The number of anilines is 1. The number of carbonyl (C=O) groups excluding carboxylic acids is 1. The number of aromatic nitrogens is 1. The van der Waals surface area contributed by atoms with E-state index < -0.39 is 18.3 Å². The summed E-state index contributed by atoms with van der Waals surface area (Å²) in [6, 6.07) is 28.3. The van der Waals surface area contributed by atoms with Gasteiger partial charge in [-0.1, -0.05) is 86.1 Å². The number of nitrogens with zero attached hydrogens (tertiary/aromatic N) is 1. The summed E-state index contributed by atoms with van der Waals surface area (Å²) in [7, 11) is 0. The van der Waals surface area contributed by atoms with E-state index in [0.29, 0.717) is 12.3 Å². The minimum atomic E-state index is -1.20. The SMILES string of the molecule is CCCCc1oc2ccccc2c1Cc1ccc(-c2cnc(OCCCc3ccccc3)c(NC(=O)CC(=O)O)c2)cc1. The molecular weight excluding hydrogens is 540 g/mol. The van der Waals surface area contributed by atoms with Crippen LogP contribution in [-0.2, 0) is 28.9 Å². The van der Waals surface area contributed by atoms with Crippen molar-refractivity contribution in [2.24, 2.45) is 0 Å². The maximum absolute atomic E-state index is 12.3. The highest BCUT2D eigenvalue weighted by Gasteiger charge is 2.16. The molecule has 0 aliphatic heterocycles. The third-order valence-corrected chi connectivity index (χ3v) is 7.34. The molecule has 0 unspecified atom stereocenters. The summed E-state index contributed by atoms with van der Waals surface area (Å²) in [6.45, 7) is 2.59. The van der Waals surface area contributed by atoms with Gasteiger partial charge in [-0.2, -0.15) is 0 Å². The van der Waals surface area contributed by atoms with E-state index in [4.69, 9.17) is 14.3 Å². The number of para-hydroxylation sites is 1. The van der Waals surface area contributed by atoms with Crippen LogP contribution in [0.4, 0.5) is 5.69 Å². The van der Waals surface area contributed by atoms with Gasteiger partial charge in [-0.15, -0.1) is 0 Å². The zero-order valence-electron chi connectivity index (χ0n) is 24.3. The minimum absolute atomic E-state index is 0.263. The Hall–Kier alpha value is -4.91. The number of furan rings is 1. The Morgan fingerprint density at radius 1 is 0.884 bits per heavy atom. The van der Waals surface area contributed by atoms with Crippen LogP contribution < -0.4 is 10.1 Å². The molecule has 0 aliphatic rings. The lowest BCUT2D eigenvalue weighted by atomic mass is 9.98. The van der Waals surface area contributed by atoms with Crippen LogP contribution in [0.3, 0.4) is 0 Å². The number of unbranched alkanes of at least 4 members (excludes halogenated alkanes) is 1. The summed E-state index contributed by atoms with van der Waals surface area (Å²) in [5, 5.41) is 12.9. The second-order valence-electron chi connectivity index (χ2n) is 10.6. The first-order valence-corrected chi connectivity index (χ1v) is 14.8. The maximum Gasteiger partial charge on any atom is 0.312 e. The molecule has 0 bridgehead atoms. The van der Waals surface area contributed by atoms with E-state index in [-0.39, 0.29) is 5.88 Å². The van der Waals surface area contributed by atoms with Gasteiger partial charge in [0, 0.05) is 35.6 Å². The molecule has 43 heavy (non-hydrogen) atoms. The van der Waals surface area contributed by atoms with E-state index in [0.717, 1.165) is 71.9 Å². The molecule has 2 heterocycles. The number of pyridine rings is 1. The molecule has 0 aliphatic carbocycles. The number of ether oxygens (including phenoxy) is 1. The molecule has 2 aromatic heterocycles. The smallest absolute Gasteiger partial charge is 0.312 e. The van der Waals surface area contributed by atoms with Crippen molar-refractivity contribution >= 4 is 28.5 Å². The fourth-order valence-corrected chi connectivity index (χ4v) is 5.14. The molecule has 0 atom stereocenters. The van der Waals surface area contributed by atoms with E-state index in [1.54, 1.807) is 12.3 Å². The molecule has 7 heteroatoms. The highest BCUT2D eigenvalue weighted by atomic mass is 16.5. The summed E-state index contributed by atoms with van der Waals surface area (Å²) in [5.74, 6) is -0.524. The van der Waals surface area contributed by atoms with Crippen LogP contribution in [-0.4, -0.2) is 28.6 Å². The number of amides is 1. The van der Waals surface area contributed by atoms with Crippen LogP contribution in [0.1, 0.15) is 55.1 Å². The summed E-state index contributed by atoms with van der Waals surface area (Å²) in [5.41, 5.74) is 6.58.